The highest BCUT2D eigenvalue weighted by Gasteiger charge is 2.09. The van der Waals surface area contributed by atoms with Gasteiger partial charge in [-0.1, -0.05) is 6.07 Å². The van der Waals surface area contributed by atoms with Gasteiger partial charge in [0.25, 0.3) is 0 Å². The predicted molar refractivity (Wildman–Crippen MR) is 104 cm³/mol. The zero-order valence-corrected chi connectivity index (χ0v) is 15.9. The van der Waals surface area contributed by atoms with Gasteiger partial charge >= 0.3 is 0 Å². The highest BCUT2D eigenvalue weighted by Crippen LogP contribution is 2.33. The van der Waals surface area contributed by atoms with E-state index >= 15 is 0 Å². The van der Waals surface area contributed by atoms with E-state index in [0.29, 0.717) is 0 Å². The van der Waals surface area contributed by atoms with E-state index < -0.39 is 0 Å². The second kappa shape index (κ2) is 5.15. The highest BCUT2D eigenvalue weighted by atomic mass is 127. The number of aromatic nitrogens is 2. The molecule has 0 aliphatic heterocycles. The molecule has 2 aromatic carbocycles. The van der Waals surface area contributed by atoms with Crippen LogP contribution in [0.4, 0.5) is 0 Å². The molecule has 0 bridgehead atoms. The molecule has 2 aromatic heterocycles. The minimum atomic E-state index is 1.06. The van der Waals surface area contributed by atoms with Crippen molar-refractivity contribution < 1.29 is 0 Å². The topological polar surface area (TPSA) is 25.8 Å². The molecule has 2 nitrogen and oxygen atoms in total. The average molecular weight is 520 g/mol. The fourth-order valence-corrected chi connectivity index (χ4v) is 5.12. The Bertz CT molecular complexity index is 943. The van der Waals surface area contributed by atoms with Gasteiger partial charge in [0, 0.05) is 9.13 Å². The van der Waals surface area contributed by atoms with Gasteiger partial charge in [-0.05, 0) is 75.5 Å². The minimum absolute atomic E-state index is 1.06. The van der Waals surface area contributed by atoms with Gasteiger partial charge in [0.05, 0.1) is 20.4 Å². The van der Waals surface area contributed by atoms with Crippen molar-refractivity contribution >= 4 is 88.3 Å². The van der Waals surface area contributed by atoms with E-state index in [0.717, 1.165) is 24.6 Å². The minimum Gasteiger partial charge on any atom is -0.236 e. The monoisotopic (exact) mass is 520 g/mol. The molecule has 98 valence electrons. The molecular formula is C14H6I2N2S2. The van der Waals surface area contributed by atoms with Crippen LogP contribution in [0.5, 0.6) is 0 Å². The molecular weight excluding hydrogens is 514 g/mol. The summed E-state index contributed by atoms with van der Waals surface area (Å²) in [7, 11) is 0. The lowest BCUT2D eigenvalue weighted by Crippen LogP contribution is -1.77. The summed E-state index contributed by atoms with van der Waals surface area (Å²) >= 11 is 8.04. The average Bonchev–Trinajstić information content (AvgIpc) is 2.99. The van der Waals surface area contributed by atoms with Crippen LogP contribution in [-0.4, -0.2) is 9.97 Å². The van der Waals surface area contributed by atoms with Crippen LogP contribution in [0.25, 0.3) is 31.0 Å². The quantitative estimate of drug-likeness (QED) is 0.298. The predicted octanol–water partition coefficient (Wildman–Crippen LogP) is 5.78. The van der Waals surface area contributed by atoms with Crippen molar-refractivity contribution in [3.63, 3.8) is 0 Å². The Kier molecular flexibility index (Phi) is 3.44. The number of fused-ring (bicyclic) bond motifs is 2. The van der Waals surface area contributed by atoms with Gasteiger partial charge in [-0.3, -0.25) is 0 Å². The first kappa shape index (κ1) is 13.4. The molecule has 0 aliphatic rings. The van der Waals surface area contributed by atoms with Crippen LogP contribution in [0.2, 0.25) is 0 Å². The molecule has 0 fully saturated rings. The summed E-state index contributed by atoms with van der Waals surface area (Å²) in [5.41, 5.74) is 3.28. The molecule has 0 saturated heterocycles. The van der Waals surface area contributed by atoms with Crippen LogP contribution in [-0.2, 0) is 0 Å². The van der Waals surface area contributed by atoms with Crippen molar-refractivity contribution in [2.75, 3.05) is 0 Å². The van der Waals surface area contributed by atoms with Crippen molar-refractivity contribution in [3.8, 4) is 10.6 Å². The van der Waals surface area contributed by atoms with Gasteiger partial charge < -0.3 is 0 Å². The summed E-state index contributed by atoms with van der Waals surface area (Å²) in [6.07, 6.45) is 0. The lowest BCUT2D eigenvalue weighted by molar-refractivity contribution is 1.43. The van der Waals surface area contributed by atoms with Gasteiger partial charge in [0.1, 0.15) is 5.01 Å². The summed E-state index contributed by atoms with van der Waals surface area (Å²) in [5, 5.41) is 1.06. The van der Waals surface area contributed by atoms with Crippen LogP contribution >= 0.6 is 67.9 Å². The third kappa shape index (κ3) is 2.36. The molecule has 0 N–H and O–H groups in total. The highest BCUT2D eigenvalue weighted by molar-refractivity contribution is 14.1. The van der Waals surface area contributed by atoms with Crippen molar-refractivity contribution in [2.45, 2.75) is 0 Å². The summed E-state index contributed by atoms with van der Waals surface area (Å²) < 4.78 is 4.76. The molecule has 4 rings (SSSR count). The maximum absolute atomic E-state index is 4.74. The van der Waals surface area contributed by atoms with Crippen LogP contribution < -0.4 is 0 Å². The Morgan fingerprint density at radius 2 is 1.55 bits per heavy atom. The molecule has 0 radical (unpaired) electrons. The van der Waals surface area contributed by atoms with Crippen LogP contribution in [0, 0.1) is 6.58 Å². The molecule has 0 spiro atoms. The van der Waals surface area contributed by atoms with Crippen molar-refractivity contribution in [2.24, 2.45) is 0 Å². The smallest absolute Gasteiger partial charge is 0.155 e. The van der Waals surface area contributed by atoms with E-state index in [1.54, 1.807) is 22.7 Å². The molecule has 0 atom stereocenters. The summed E-state index contributed by atoms with van der Waals surface area (Å²) in [6.45, 7) is 0. The number of hydrogen-bond acceptors (Lipinski definition) is 4. The Labute approximate surface area is 150 Å². The largest absolute Gasteiger partial charge is 0.236 e. The first-order valence-electron chi connectivity index (χ1n) is 5.81. The Morgan fingerprint density at radius 1 is 0.800 bits per heavy atom. The SMILES string of the molecule is Ic1ccc2sc(-c3ccc4sc(I)nc4c3)nc2c1. The molecule has 6 heteroatoms. The Morgan fingerprint density at radius 3 is 2.45 bits per heavy atom. The molecule has 0 unspecified atom stereocenters. The van der Waals surface area contributed by atoms with Gasteiger partial charge in [-0.2, -0.15) is 0 Å². The summed E-state index contributed by atoms with van der Waals surface area (Å²) in [5.74, 6) is 0. The molecule has 0 aliphatic carbocycles. The fraction of sp³-hybridized carbons (Fsp3) is 0. The standard InChI is InChI=1S/C14H6I2N2S2/c15-8-2-4-11-10(6-8)17-13(19-11)7-1-3-12-9(5-7)18-14(16)20-12/h1-6H. The fourth-order valence-electron chi connectivity index (χ4n) is 2.06. The molecule has 20 heavy (non-hydrogen) atoms. The first-order chi connectivity index (χ1) is 9.69. The van der Waals surface area contributed by atoms with E-state index in [9.17, 15) is 0 Å². The van der Waals surface area contributed by atoms with Gasteiger partial charge in [-0.25, -0.2) is 9.97 Å². The number of thiazole rings is 2. The van der Waals surface area contributed by atoms with Crippen LogP contribution in [0.1, 0.15) is 0 Å². The Balaban J connectivity index is 1.90. The zero-order valence-electron chi connectivity index (χ0n) is 9.93. The maximum Gasteiger partial charge on any atom is 0.155 e. The Hall–Kier alpha value is -0.320. The summed E-state index contributed by atoms with van der Waals surface area (Å²) in [4.78, 5) is 9.29. The zero-order chi connectivity index (χ0) is 13.7. The maximum atomic E-state index is 4.74. The van der Waals surface area contributed by atoms with E-state index in [1.165, 1.54) is 13.0 Å². The number of hydrogen-bond donors (Lipinski definition) is 0. The number of nitrogens with zero attached hydrogens (tertiary/aromatic N) is 2. The number of rotatable bonds is 1. The van der Waals surface area contributed by atoms with Gasteiger partial charge in [0.15, 0.2) is 3.01 Å². The van der Waals surface area contributed by atoms with E-state index in [4.69, 9.17) is 4.98 Å². The lowest BCUT2D eigenvalue weighted by atomic mass is 10.2. The lowest BCUT2D eigenvalue weighted by Gasteiger charge is -1.94. The molecule has 0 saturated carbocycles. The van der Waals surface area contributed by atoms with E-state index in [1.807, 2.05) is 0 Å². The summed E-state index contributed by atoms with van der Waals surface area (Å²) in [6, 6.07) is 12.8. The van der Waals surface area contributed by atoms with Crippen molar-refractivity contribution in [1.82, 2.24) is 9.97 Å². The van der Waals surface area contributed by atoms with Crippen LogP contribution in [0.3, 0.4) is 0 Å². The van der Waals surface area contributed by atoms with Gasteiger partial charge in [0.2, 0.25) is 0 Å². The third-order valence-electron chi connectivity index (χ3n) is 2.96. The number of halogens is 2. The van der Waals surface area contributed by atoms with Crippen molar-refractivity contribution in [1.29, 1.82) is 0 Å². The first-order valence-corrected chi connectivity index (χ1v) is 9.61. The normalized spacial score (nSPS) is 11.5. The van der Waals surface area contributed by atoms with E-state index in [2.05, 4.69) is 86.6 Å². The number of benzene rings is 2. The molecule has 0 amide bonds. The molecule has 2 heterocycles. The van der Waals surface area contributed by atoms with Crippen LogP contribution in [0.15, 0.2) is 36.4 Å². The second-order valence-corrected chi connectivity index (χ2v) is 9.34. The van der Waals surface area contributed by atoms with E-state index in [-0.39, 0.29) is 0 Å². The third-order valence-corrected chi connectivity index (χ3v) is 6.44. The van der Waals surface area contributed by atoms with Crippen molar-refractivity contribution in [3.05, 3.63) is 43.0 Å². The van der Waals surface area contributed by atoms with Gasteiger partial charge in [-0.15, -0.1) is 22.7 Å². The molecule has 4 aromatic rings. The second-order valence-electron chi connectivity index (χ2n) is 4.28.